The van der Waals surface area contributed by atoms with Gasteiger partial charge < -0.3 is 10.4 Å². The summed E-state index contributed by atoms with van der Waals surface area (Å²) in [7, 11) is 0. The first kappa shape index (κ1) is 12.7. The molecule has 3 rings (SSSR count). The summed E-state index contributed by atoms with van der Waals surface area (Å²) in [5, 5.41) is 12.4. The molecule has 2 fully saturated rings. The standard InChI is InChI=1S/C16H21NO2/c18-16(19)9-11-1-3-12(4-2-11)10-17-15-8-13-5-6-14(15)7-13/h1-4,13-15,17H,5-10H2,(H,18,19). The molecule has 0 amide bonds. The molecule has 2 aliphatic rings. The lowest BCUT2D eigenvalue weighted by Gasteiger charge is -2.23. The number of aliphatic carboxylic acids is 1. The first-order valence-electron chi connectivity index (χ1n) is 7.23. The molecule has 3 atom stereocenters. The Bertz CT molecular complexity index is 454. The van der Waals surface area contributed by atoms with Gasteiger partial charge in [-0.2, -0.15) is 0 Å². The van der Waals surface area contributed by atoms with E-state index in [9.17, 15) is 4.79 Å². The number of benzene rings is 1. The third kappa shape index (κ3) is 2.98. The summed E-state index contributed by atoms with van der Waals surface area (Å²) in [4.78, 5) is 10.6. The van der Waals surface area contributed by atoms with Crippen LogP contribution in [0.4, 0.5) is 0 Å². The molecule has 1 aromatic carbocycles. The van der Waals surface area contributed by atoms with E-state index in [1.165, 1.54) is 31.2 Å². The van der Waals surface area contributed by atoms with Gasteiger partial charge in [0.25, 0.3) is 0 Å². The largest absolute Gasteiger partial charge is 0.481 e. The number of rotatable bonds is 5. The first-order chi connectivity index (χ1) is 9.20. The Morgan fingerprint density at radius 2 is 1.89 bits per heavy atom. The molecule has 3 unspecified atom stereocenters. The summed E-state index contributed by atoms with van der Waals surface area (Å²) in [5.41, 5.74) is 2.12. The SMILES string of the molecule is O=C(O)Cc1ccc(CNC2CC3CCC2C3)cc1. The lowest BCUT2D eigenvalue weighted by molar-refractivity contribution is -0.136. The summed E-state index contributed by atoms with van der Waals surface area (Å²) in [6.07, 6.45) is 5.73. The van der Waals surface area contributed by atoms with Crippen LogP contribution < -0.4 is 5.32 Å². The van der Waals surface area contributed by atoms with Crippen LogP contribution in [0.25, 0.3) is 0 Å². The van der Waals surface area contributed by atoms with Crippen molar-refractivity contribution >= 4 is 5.97 Å². The molecule has 0 radical (unpaired) electrons. The molecule has 1 aromatic rings. The molecule has 0 spiro atoms. The highest BCUT2D eigenvalue weighted by atomic mass is 16.4. The minimum atomic E-state index is -0.771. The minimum absolute atomic E-state index is 0.111. The highest BCUT2D eigenvalue weighted by molar-refractivity contribution is 5.70. The van der Waals surface area contributed by atoms with Crippen LogP contribution in [0.5, 0.6) is 0 Å². The second kappa shape index (κ2) is 5.33. The molecule has 2 aliphatic carbocycles. The van der Waals surface area contributed by atoms with Crippen molar-refractivity contribution in [1.82, 2.24) is 5.32 Å². The van der Waals surface area contributed by atoms with Crippen molar-refractivity contribution in [3.63, 3.8) is 0 Å². The quantitative estimate of drug-likeness (QED) is 0.854. The Morgan fingerprint density at radius 3 is 2.47 bits per heavy atom. The summed E-state index contributed by atoms with van der Waals surface area (Å²) >= 11 is 0. The zero-order valence-electron chi connectivity index (χ0n) is 11.1. The zero-order chi connectivity index (χ0) is 13.2. The maximum Gasteiger partial charge on any atom is 0.307 e. The fourth-order valence-corrected chi connectivity index (χ4v) is 3.69. The van der Waals surface area contributed by atoms with Crippen LogP contribution >= 0.6 is 0 Å². The maximum absolute atomic E-state index is 10.6. The van der Waals surface area contributed by atoms with Crippen molar-refractivity contribution in [3.8, 4) is 0 Å². The molecular weight excluding hydrogens is 238 g/mol. The van der Waals surface area contributed by atoms with Gasteiger partial charge in [-0.3, -0.25) is 4.79 Å². The summed E-state index contributed by atoms with van der Waals surface area (Å²) in [6.45, 7) is 0.904. The summed E-state index contributed by atoms with van der Waals surface area (Å²) in [5.74, 6) is 1.10. The van der Waals surface area contributed by atoms with Crippen LogP contribution in [-0.2, 0) is 17.8 Å². The summed E-state index contributed by atoms with van der Waals surface area (Å²) in [6, 6.07) is 8.63. The van der Waals surface area contributed by atoms with Crippen molar-refractivity contribution in [2.45, 2.75) is 44.7 Å². The highest BCUT2D eigenvalue weighted by Gasteiger charge is 2.38. The molecule has 19 heavy (non-hydrogen) atoms. The van der Waals surface area contributed by atoms with Crippen LogP contribution in [-0.4, -0.2) is 17.1 Å². The molecule has 2 bridgehead atoms. The third-order valence-electron chi connectivity index (χ3n) is 4.68. The van der Waals surface area contributed by atoms with E-state index < -0.39 is 5.97 Å². The van der Waals surface area contributed by atoms with Crippen LogP contribution in [0, 0.1) is 11.8 Å². The van der Waals surface area contributed by atoms with Gasteiger partial charge in [0.2, 0.25) is 0 Å². The van der Waals surface area contributed by atoms with Gasteiger partial charge in [-0.25, -0.2) is 0 Å². The van der Waals surface area contributed by atoms with E-state index in [2.05, 4.69) is 5.32 Å². The Morgan fingerprint density at radius 1 is 1.16 bits per heavy atom. The molecule has 3 nitrogen and oxygen atoms in total. The Balaban J connectivity index is 1.51. The lowest BCUT2D eigenvalue weighted by Crippen LogP contribution is -2.33. The average molecular weight is 259 g/mol. The van der Waals surface area contributed by atoms with E-state index in [4.69, 9.17) is 5.11 Å². The number of nitrogens with one attached hydrogen (secondary N) is 1. The predicted octanol–water partition coefficient (Wildman–Crippen LogP) is 2.59. The van der Waals surface area contributed by atoms with Gasteiger partial charge in [-0.05, 0) is 42.2 Å². The normalized spacial score (nSPS) is 28.7. The van der Waals surface area contributed by atoms with Gasteiger partial charge in [0, 0.05) is 12.6 Å². The van der Waals surface area contributed by atoms with Gasteiger partial charge in [0.15, 0.2) is 0 Å². The zero-order valence-corrected chi connectivity index (χ0v) is 11.1. The van der Waals surface area contributed by atoms with Gasteiger partial charge in [-0.1, -0.05) is 30.7 Å². The predicted molar refractivity (Wildman–Crippen MR) is 73.9 cm³/mol. The van der Waals surface area contributed by atoms with Gasteiger partial charge in [0.1, 0.15) is 0 Å². The van der Waals surface area contributed by atoms with E-state index in [1.807, 2.05) is 24.3 Å². The van der Waals surface area contributed by atoms with Crippen LogP contribution in [0.2, 0.25) is 0 Å². The van der Waals surface area contributed by atoms with Crippen LogP contribution in [0.1, 0.15) is 36.8 Å². The summed E-state index contributed by atoms with van der Waals surface area (Å²) < 4.78 is 0. The molecule has 0 heterocycles. The van der Waals surface area contributed by atoms with Crippen molar-refractivity contribution in [2.75, 3.05) is 0 Å². The van der Waals surface area contributed by atoms with Crippen molar-refractivity contribution < 1.29 is 9.90 Å². The highest BCUT2D eigenvalue weighted by Crippen LogP contribution is 2.44. The monoisotopic (exact) mass is 259 g/mol. The maximum atomic E-state index is 10.6. The number of fused-ring (bicyclic) bond motifs is 2. The smallest absolute Gasteiger partial charge is 0.307 e. The second-order valence-electron chi connectivity index (χ2n) is 6.05. The van der Waals surface area contributed by atoms with Gasteiger partial charge in [-0.15, -0.1) is 0 Å². The molecule has 102 valence electrons. The van der Waals surface area contributed by atoms with Crippen molar-refractivity contribution in [3.05, 3.63) is 35.4 Å². The molecule has 0 saturated heterocycles. The molecule has 2 saturated carbocycles. The average Bonchev–Trinajstić information content (AvgIpc) is 2.99. The lowest BCUT2D eigenvalue weighted by atomic mass is 9.95. The number of carbonyl (C=O) groups is 1. The number of hydrogen-bond acceptors (Lipinski definition) is 2. The van der Waals surface area contributed by atoms with Crippen molar-refractivity contribution in [2.24, 2.45) is 11.8 Å². The molecule has 0 aromatic heterocycles. The van der Waals surface area contributed by atoms with E-state index >= 15 is 0 Å². The van der Waals surface area contributed by atoms with E-state index in [0.717, 1.165) is 23.9 Å². The van der Waals surface area contributed by atoms with Crippen LogP contribution in [0.3, 0.4) is 0 Å². The van der Waals surface area contributed by atoms with E-state index in [1.54, 1.807) is 0 Å². The molecule has 0 aliphatic heterocycles. The molecular formula is C16H21NO2. The fourth-order valence-electron chi connectivity index (χ4n) is 3.69. The van der Waals surface area contributed by atoms with Crippen molar-refractivity contribution in [1.29, 1.82) is 0 Å². The number of carboxylic acids is 1. The molecule has 3 heteroatoms. The fraction of sp³-hybridized carbons (Fsp3) is 0.562. The second-order valence-corrected chi connectivity index (χ2v) is 6.05. The topological polar surface area (TPSA) is 49.3 Å². The first-order valence-corrected chi connectivity index (χ1v) is 7.23. The van der Waals surface area contributed by atoms with Gasteiger partial charge in [0.05, 0.1) is 6.42 Å². The van der Waals surface area contributed by atoms with Crippen LogP contribution in [0.15, 0.2) is 24.3 Å². The van der Waals surface area contributed by atoms with E-state index in [0.29, 0.717) is 6.04 Å². The molecule has 2 N–H and O–H groups in total. The minimum Gasteiger partial charge on any atom is -0.481 e. The van der Waals surface area contributed by atoms with E-state index in [-0.39, 0.29) is 6.42 Å². The third-order valence-corrected chi connectivity index (χ3v) is 4.68. The Kier molecular flexibility index (Phi) is 3.56. The Hall–Kier alpha value is -1.35. The Labute approximate surface area is 114 Å². The number of hydrogen-bond donors (Lipinski definition) is 2. The number of carboxylic acid groups (broad SMARTS) is 1. The van der Waals surface area contributed by atoms with Gasteiger partial charge >= 0.3 is 5.97 Å².